The fourth-order valence-corrected chi connectivity index (χ4v) is 4.33. The average molecular weight is 348 g/mol. The van der Waals surface area contributed by atoms with Gasteiger partial charge in [0.2, 0.25) is 0 Å². The van der Waals surface area contributed by atoms with Gasteiger partial charge in [-0.25, -0.2) is 8.42 Å². The maximum absolute atomic E-state index is 12.0. The number of benzene rings is 2. The van der Waals surface area contributed by atoms with Crippen molar-refractivity contribution in [1.82, 2.24) is 0 Å². The second-order valence-corrected chi connectivity index (χ2v) is 9.56. The molecule has 0 aromatic heterocycles. The molecule has 1 aliphatic rings. The van der Waals surface area contributed by atoms with Crippen LogP contribution in [0.25, 0.3) is 0 Å². The summed E-state index contributed by atoms with van der Waals surface area (Å²) in [6.45, 7) is 0. The van der Waals surface area contributed by atoms with Crippen LogP contribution in [0.4, 0.5) is 0 Å². The molecule has 0 radical (unpaired) electrons. The summed E-state index contributed by atoms with van der Waals surface area (Å²) in [6.07, 6.45) is 2.67. The zero-order valence-corrected chi connectivity index (χ0v) is 14.6. The van der Waals surface area contributed by atoms with Crippen LogP contribution < -0.4 is 4.74 Å². The van der Waals surface area contributed by atoms with Crippen molar-refractivity contribution in [3.05, 3.63) is 60.2 Å². The minimum Gasteiger partial charge on any atom is -0.457 e. The first-order valence-electron chi connectivity index (χ1n) is 7.63. The van der Waals surface area contributed by atoms with Crippen LogP contribution >= 0.6 is 11.8 Å². The molecule has 0 saturated carbocycles. The van der Waals surface area contributed by atoms with E-state index in [4.69, 9.17) is 4.74 Å². The highest BCUT2D eigenvalue weighted by Crippen LogP contribution is 2.36. The highest BCUT2D eigenvalue weighted by atomic mass is 32.2. The second kappa shape index (κ2) is 6.97. The van der Waals surface area contributed by atoms with Gasteiger partial charge >= 0.3 is 0 Å². The molecule has 1 aliphatic heterocycles. The Hall–Kier alpha value is -1.46. The molecule has 1 saturated heterocycles. The third-order valence-corrected chi connectivity index (χ3v) is 6.47. The Morgan fingerprint density at radius 3 is 2.26 bits per heavy atom. The lowest BCUT2D eigenvalue weighted by Crippen LogP contribution is -2.24. The fourth-order valence-electron chi connectivity index (χ4n) is 2.49. The number of sulfone groups is 1. The van der Waals surface area contributed by atoms with Crippen LogP contribution in [0.3, 0.4) is 0 Å². The van der Waals surface area contributed by atoms with Crippen LogP contribution in [-0.2, 0) is 16.3 Å². The lowest BCUT2D eigenvalue weighted by Gasteiger charge is -2.15. The minimum atomic E-state index is -3.02. The molecule has 122 valence electrons. The Labute approximate surface area is 142 Å². The van der Waals surface area contributed by atoms with Gasteiger partial charge in [0, 0.05) is 17.3 Å². The van der Waals surface area contributed by atoms with E-state index in [-0.39, 0.29) is 5.25 Å². The third-order valence-electron chi connectivity index (χ3n) is 3.90. The minimum absolute atomic E-state index is 0.289. The van der Waals surface area contributed by atoms with Crippen LogP contribution in [0.1, 0.15) is 12.0 Å². The predicted molar refractivity (Wildman–Crippen MR) is 96.2 cm³/mol. The molecule has 2 aromatic rings. The maximum Gasteiger partial charge on any atom is 0.150 e. The van der Waals surface area contributed by atoms with Gasteiger partial charge in [-0.15, -0.1) is 0 Å². The van der Waals surface area contributed by atoms with E-state index in [9.17, 15) is 8.42 Å². The molecule has 1 fully saturated rings. The van der Waals surface area contributed by atoms with Gasteiger partial charge in [-0.2, -0.15) is 11.8 Å². The Kier molecular flexibility index (Phi) is 4.97. The molecular weight excluding hydrogens is 328 g/mol. The Bertz CT molecular complexity index is 736. The largest absolute Gasteiger partial charge is 0.457 e. The van der Waals surface area contributed by atoms with Gasteiger partial charge in [0.05, 0.1) is 5.25 Å². The lowest BCUT2D eigenvalue weighted by atomic mass is 10.1. The molecule has 0 spiro atoms. The van der Waals surface area contributed by atoms with Crippen molar-refractivity contribution in [2.75, 3.05) is 12.0 Å². The summed E-state index contributed by atoms with van der Waals surface area (Å²) >= 11 is 1.84. The van der Waals surface area contributed by atoms with Crippen LogP contribution in [0, 0.1) is 0 Å². The Balaban J connectivity index is 1.66. The van der Waals surface area contributed by atoms with E-state index in [1.54, 1.807) is 0 Å². The molecule has 0 aliphatic carbocycles. The molecule has 0 amide bonds. The van der Waals surface area contributed by atoms with Crippen LogP contribution in [-0.4, -0.2) is 30.9 Å². The topological polar surface area (TPSA) is 43.4 Å². The number of ether oxygens (including phenoxy) is 1. The summed E-state index contributed by atoms with van der Waals surface area (Å²) in [5, 5.41) is 0.235. The zero-order valence-electron chi connectivity index (χ0n) is 13.0. The predicted octanol–water partition coefficient (Wildman–Crippen LogP) is 3.94. The second-order valence-electron chi connectivity index (χ2n) is 5.91. The van der Waals surface area contributed by atoms with Gasteiger partial charge < -0.3 is 4.74 Å². The molecule has 2 unspecified atom stereocenters. The van der Waals surface area contributed by atoms with E-state index in [1.807, 2.05) is 66.4 Å². The van der Waals surface area contributed by atoms with Crippen molar-refractivity contribution in [1.29, 1.82) is 0 Å². The molecule has 1 heterocycles. The molecular formula is C18H20O3S2. The summed E-state index contributed by atoms with van der Waals surface area (Å²) in [6, 6.07) is 17.3. The van der Waals surface area contributed by atoms with E-state index in [2.05, 4.69) is 0 Å². The summed E-state index contributed by atoms with van der Waals surface area (Å²) in [5.41, 5.74) is 1.03. The number of hydrogen-bond acceptors (Lipinski definition) is 4. The first-order valence-corrected chi connectivity index (χ1v) is 10.6. The summed E-state index contributed by atoms with van der Waals surface area (Å²) in [7, 11) is -3.02. The van der Waals surface area contributed by atoms with Gasteiger partial charge in [0.25, 0.3) is 0 Å². The van der Waals surface area contributed by atoms with Crippen molar-refractivity contribution in [3.63, 3.8) is 0 Å². The number of thioether (sulfide) groups is 1. The number of hydrogen-bond donors (Lipinski definition) is 0. The van der Waals surface area contributed by atoms with Crippen LogP contribution in [0.15, 0.2) is 54.6 Å². The Morgan fingerprint density at radius 2 is 1.70 bits per heavy atom. The van der Waals surface area contributed by atoms with Crippen molar-refractivity contribution in [2.45, 2.75) is 23.3 Å². The lowest BCUT2D eigenvalue weighted by molar-refractivity contribution is 0.482. The van der Waals surface area contributed by atoms with Crippen molar-refractivity contribution in [3.8, 4) is 11.5 Å². The normalized spacial score (nSPS) is 18.4. The first-order chi connectivity index (χ1) is 11.0. The first kappa shape index (κ1) is 16.4. The molecule has 5 heteroatoms. The summed E-state index contributed by atoms with van der Waals surface area (Å²) in [4.78, 5) is 0. The van der Waals surface area contributed by atoms with Gasteiger partial charge in [-0.3, -0.25) is 0 Å². The van der Waals surface area contributed by atoms with E-state index in [1.165, 1.54) is 6.26 Å². The molecule has 0 N–H and O–H groups in total. The smallest absolute Gasteiger partial charge is 0.150 e. The van der Waals surface area contributed by atoms with E-state index in [0.717, 1.165) is 29.2 Å². The molecule has 0 bridgehead atoms. The van der Waals surface area contributed by atoms with Crippen LogP contribution in [0.5, 0.6) is 11.5 Å². The zero-order chi connectivity index (χ0) is 16.3. The molecule has 2 aromatic carbocycles. The summed E-state index contributed by atoms with van der Waals surface area (Å²) in [5.74, 6) is 2.64. The standard InChI is InChI=1S/C18H20O3S2/c1-23(19,20)18(12-17-13-22-17)11-14-7-9-16(10-8-14)21-15-5-3-2-4-6-15/h2-10,17-18H,11-13H2,1H3. The van der Waals surface area contributed by atoms with Crippen LogP contribution in [0.2, 0.25) is 0 Å². The molecule has 23 heavy (non-hydrogen) atoms. The average Bonchev–Trinajstić information content (AvgIpc) is 3.33. The van der Waals surface area contributed by atoms with Crippen molar-refractivity contribution < 1.29 is 13.2 Å². The van der Waals surface area contributed by atoms with Gasteiger partial charge in [0.1, 0.15) is 11.5 Å². The van der Waals surface area contributed by atoms with Gasteiger partial charge in [-0.1, -0.05) is 30.3 Å². The van der Waals surface area contributed by atoms with Crippen molar-refractivity contribution in [2.24, 2.45) is 0 Å². The molecule has 3 nitrogen and oxygen atoms in total. The van der Waals surface area contributed by atoms with Crippen molar-refractivity contribution >= 4 is 21.6 Å². The third kappa shape index (κ3) is 5.01. The number of para-hydroxylation sites is 1. The van der Waals surface area contributed by atoms with Gasteiger partial charge in [-0.05, 0) is 42.7 Å². The SMILES string of the molecule is CS(=O)(=O)C(Cc1ccc(Oc2ccccc2)cc1)CC1CS1. The highest BCUT2D eigenvalue weighted by molar-refractivity contribution is 8.06. The highest BCUT2D eigenvalue weighted by Gasteiger charge is 2.31. The molecule has 2 atom stereocenters. The quantitative estimate of drug-likeness (QED) is 0.711. The molecule has 3 rings (SSSR count). The Morgan fingerprint density at radius 1 is 1.09 bits per heavy atom. The van der Waals surface area contributed by atoms with Gasteiger partial charge in [0.15, 0.2) is 9.84 Å². The maximum atomic E-state index is 12.0. The fraction of sp³-hybridized carbons (Fsp3) is 0.333. The van der Waals surface area contributed by atoms with E-state index < -0.39 is 9.84 Å². The number of rotatable bonds is 7. The monoisotopic (exact) mass is 348 g/mol. The summed E-state index contributed by atoms with van der Waals surface area (Å²) < 4.78 is 29.7. The van der Waals surface area contributed by atoms with E-state index >= 15 is 0 Å². The van der Waals surface area contributed by atoms with E-state index in [0.29, 0.717) is 11.7 Å².